The molecule has 0 fully saturated rings. The van der Waals surface area contributed by atoms with Gasteiger partial charge in [-0.2, -0.15) is 5.26 Å². The van der Waals surface area contributed by atoms with Crippen molar-refractivity contribution in [3.63, 3.8) is 0 Å². The Bertz CT molecular complexity index is 458. The highest BCUT2D eigenvalue weighted by atomic mass is 19.2. The molecule has 0 bridgehead atoms. The third-order valence-electron chi connectivity index (χ3n) is 2.45. The zero-order valence-electron chi connectivity index (χ0n) is 11.0. The normalized spacial score (nSPS) is 10.5. The molecule has 0 aliphatic rings. The topological polar surface area (TPSA) is 48.3 Å². The van der Waals surface area contributed by atoms with Crippen LogP contribution in [0.25, 0.3) is 0 Å². The maximum Gasteiger partial charge on any atom is 0.183 e. The number of nitriles is 1. The van der Waals surface area contributed by atoms with Crippen molar-refractivity contribution in [2.75, 3.05) is 45.7 Å². The summed E-state index contributed by atoms with van der Waals surface area (Å²) in [5.74, 6) is -2.16. The molecule has 0 saturated carbocycles. The lowest BCUT2D eigenvalue weighted by atomic mass is 10.2. The second-order valence-electron chi connectivity index (χ2n) is 4.24. The van der Waals surface area contributed by atoms with Crippen LogP contribution >= 0.6 is 0 Å². The van der Waals surface area contributed by atoms with Gasteiger partial charge in [0, 0.05) is 13.1 Å². The maximum atomic E-state index is 13.5. The third kappa shape index (κ3) is 4.81. The first-order valence-corrected chi connectivity index (χ1v) is 5.90. The van der Waals surface area contributed by atoms with Crippen molar-refractivity contribution < 1.29 is 13.5 Å². The minimum Gasteiger partial charge on any atom is -0.380 e. The van der Waals surface area contributed by atoms with Gasteiger partial charge < -0.3 is 15.0 Å². The monoisotopic (exact) mass is 269 g/mol. The van der Waals surface area contributed by atoms with Gasteiger partial charge in [0.05, 0.1) is 24.5 Å². The summed E-state index contributed by atoms with van der Waals surface area (Å²) in [7, 11) is 3.88. The molecule has 104 valence electrons. The Kier molecular flexibility index (Phi) is 6.19. The van der Waals surface area contributed by atoms with Crippen molar-refractivity contribution in [2.45, 2.75) is 0 Å². The standard InChI is InChI=1S/C13H17F2N3O/c1-18(2)6-8-19-7-5-17-11-4-3-10(9-16)12(14)13(11)15/h3-4,17H,5-8H2,1-2H3. The molecule has 0 heterocycles. The van der Waals surface area contributed by atoms with E-state index in [1.165, 1.54) is 12.1 Å². The summed E-state index contributed by atoms with van der Waals surface area (Å²) in [6.45, 7) is 2.16. The molecule has 1 rings (SSSR count). The first-order valence-electron chi connectivity index (χ1n) is 5.90. The van der Waals surface area contributed by atoms with Gasteiger partial charge in [-0.3, -0.25) is 0 Å². The fourth-order valence-electron chi connectivity index (χ4n) is 1.38. The average molecular weight is 269 g/mol. The zero-order chi connectivity index (χ0) is 14.3. The predicted molar refractivity (Wildman–Crippen MR) is 68.9 cm³/mol. The highest BCUT2D eigenvalue weighted by Crippen LogP contribution is 2.19. The molecule has 0 aliphatic heterocycles. The van der Waals surface area contributed by atoms with E-state index in [2.05, 4.69) is 5.32 Å². The minimum atomic E-state index is -1.12. The van der Waals surface area contributed by atoms with E-state index in [9.17, 15) is 8.78 Å². The summed E-state index contributed by atoms with van der Waals surface area (Å²) in [5.41, 5.74) is -0.266. The number of nitrogens with zero attached hydrogens (tertiary/aromatic N) is 2. The van der Waals surface area contributed by atoms with Gasteiger partial charge in [-0.25, -0.2) is 8.78 Å². The number of halogens is 2. The third-order valence-corrected chi connectivity index (χ3v) is 2.45. The van der Waals surface area contributed by atoms with Crippen LogP contribution in [0.3, 0.4) is 0 Å². The van der Waals surface area contributed by atoms with Gasteiger partial charge in [0.2, 0.25) is 0 Å². The quantitative estimate of drug-likeness (QED) is 0.767. The molecule has 1 aromatic rings. The van der Waals surface area contributed by atoms with Crippen LogP contribution in [0.15, 0.2) is 12.1 Å². The van der Waals surface area contributed by atoms with Gasteiger partial charge >= 0.3 is 0 Å². The van der Waals surface area contributed by atoms with Crippen LogP contribution in [0.4, 0.5) is 14.5 Å². The van der Waals surface area contributed by atoms with Crippen molar-refractivity contribution in [1.29, 1.82) is 5.26 Å². The highest BCUT2D eigenvalue weighted by Gasteiger charge is 2.12. The molecule has 0 aromatic heterocycles. The number of hydrogen-bond donors (Lipinski definition) is 1. The molecule has 19 heavy (non-hydrogen) atoms. The highest BCUT2D eigenvalue weighted by molar-refractivity contribution is 5.49. The molecule has 1 aromatic carbocycles. The summed E-state index contributed by atoms with van der Waals surface area (Å²) < 4.78 is 32.1. The summed E-state index contributed by atoms with van der Waals surface area (Å²) in [6.07, 6.45) is 0. The van der Waals surface area contributed by atoms with E-state index in [1.807, 2.05) is 19.0 Å². The van der Waals surface area contributed by atoms with Crippen LogP contribution < -0.4 is 5.32 Å². The molecule has 1 N–H and O–H groups in total. The Morgan fingerprint density at radius 1 is 1.26 bits per heavy atom. The van der Waals surface area contributed by atoms with Gasteiger partial charge in [0.15, 0.2) is 11.6 Å². The lowest BCUT2D eigenvalue weighted by Gasteiger charge is -2.11. The summed E-state index contributed by atoms with van der Waals surface area (Å²) in [4.78, 5) is 1.99. The second kappa shape index (κ2) is 7.67. The van der Waals surface area contributed by atoms with Crippen LogP contribution in [0.5, 0.6) is 0 Å². The fourth-order valence-corrected chi connectivity index (χ4v) is 1.38. The van der Waals surface area contributed by atoms with Crippen LogP contribution in [0.2, 0.25) is 0 Å². The first-order chi connectivity index (χ1) is 9.06. The van der Waals surface area contributed by atoms with Crippen LogP contribution in [0.1, 0.15) is 5.56 Å². The number of hydrogen-bond acceptors (Lipinski definition) is 4. The van der Waals surface area contributed by atoms with E-state index >= 15 is 0 Å². The molecule has 0 amide bonds. The van der Waals surface area contributed by atoms with Crippen molar-refractivity contribution >= 4 is 5.69 Å². The van der Waals surface area contributed by atoms with Crippen molar-refractivity contribution in [3.8, 4) is 6.07 Å². The van der Waals surface area contributed by atoms with Crippen molar-refractivity contribution in [2.24, 2.45) is 0 Å². The summed E-state index contributed by atoms with van der Waals surface area (Å²) in [5, 5.41) is 11.3. The minimum absolute atomic E-state index is 0.0349. The van der Waals surface area contributed by atoms with Gasteiger partial charge in [0.1, 0.15) is 6.07 Å². The Morgan fingerprint density at radius 3 is 2.63 bits per heavy atom. The molecular formula is C13H17F2N3O. The number of nitrogens with one attached hydrogen (secondary N) is 1. The molecular weight excluding hydrogens is 252 g/mol. The van der Waals surface area contributed by atoms with Crippen LogP contribution in [0, 0.1) is 23.0 Å². The lowest BCUT2D eigenvalue weighted by molar-refractivity contribution is 0.126. The number of ether oxygens (including phenoxy) is 1. The molecule has 6 heteroatoms. The Balaban J connectivity index is 2.38. The number of rotatable bonds is 7. The largest absolute Gasteiger partial charge is 0.380 e. The van der Waals surface area contributed by atoms with Crippen LogP contribution in [-0.2, 0) is 4.74 Å². The number of benzene rings is 1. The van der Waals surface area contributed by atoms with Gasteiger partial charge in [-0.1, -0.05) is 0 Å². The Hall–Kier alpha value is -1.71. The van der Waals surface area contributed by atoms with Crippen molar-refractivity contribution in [3.05, 3.63) is 29.3 Å². The van der Waals surface area contributed by atoms with Gasteiger partial charge in [-0.15, -0.1) is 0 Å². The van der Waals surface area contributed by atoms with E-state index in [1.54, 1.807) is 6.07 Å². The van der Waals surface area contributed by atoms with E-state index < -0.39 is 11.6 Å². The van der Waals surface area contributed by atoms with E-state index in [-0.39, 0.29) is 11.3 Å². The molecule has 0 atom stereocenters. The van der Waals surface area contributed by atoms with E-state index in [4.69, 9.17) is 10.00 Å². The Labute approximate surface area is 111 Å². The second-order valence-corrected chi connectivity index (χ2v) is 4.24. The molecule has 0 spiro atoms. The van der Waals surface area contributed by atoms with E-state index in [0.29, 0.717) is 19.8 Å². The molecule has 0 radical (unpaired) electrons. The molecule has 0 aliphatic carbocycles. The number of likely N-dealkylation sites (N-methyl/N-ethyl adjacent to an activating group) is 1. The predicted octanol–water partition coefficient (Wildman–Crippen LogP) is 1.83. The Morgan fingerprint density at radius 2 is 2.00 bits per heavy atom. The number of anilines is 1. The summed E-state index contributed by atoms with van der Waals surface area (Å²) >= 11 is 0. The van der Waals surface area contributed by atoms with Crippen LogP contribution in [-0.4, -0.2) is 45.3 Å². The smallest absolute Gasteiger partial charge is 0.183 e. The molecule has 0 unspecified atom stereocenters. The average Bonchev–Trinajstić information content (AvgIpc) is 2.38. The zero-order valence-corrected chi connectivity index (χ0v) is 11.0. The molecule has 0 saturated heterocycles. The maximum absolute atomic E-state index is 13.5. The summed E-state index contributed by atoms with van der Waals surface area (Å²) in [6, 6.07) is 4.17. The van der Waals surface area contributed by atoms with E-state index in [0.717, 1.165) is 6.54 Å². The first kappa shape index (κ1) is 15.3. The SMILES string of the molecule is CN(C)CCOCCNc1ccc(C#N)c(F)c1F. The molecule has 4 nitrogen and oxygen atoms in total. The van der Waals surface area contributed by atoms with Gasteiger partial charge in [0.25, 0.3) is 0 Å². The van der Waals surface area contributed by atoms with Gasteiger partial charge in [-0.05, 0) is 26.2 Å². The fraction of sp³-hybridized carbons (Fsp3) is 0.462. The van der Waals surface area contributed by atoms with Crippen molar-refractivity contribution in [1.82, 2.24) is 4.90 Å². The lowest BCUT2D eigenvalue weighted by Crippen LogP contribution is -2.20.